The number of esters is 1. The maximum atomic E-state index is 13.5. The molecule has 0 fully saturated rings. The van der Waals surface area contributed by atoms with Crippen LogP contribution in [0.1, 0.15) is 31.1 Å². The highest BCUT2D eigenvalue weighted by Gasteiger charge is 2.19. The standard InChI is InChI=1S/C23H16FNO5/c24-18-8-4-5-9-19(18)25-20(26)14-30-23(29)17-12-10-16(11-13-17)22(28)21(27)15-6-2-1-3-7-15/h1-13H,14H2,(H,25,26). The van der Waals surface area contributed by atoms with E-state index in [9.17, 15) is 23.6 Å². The van der Waals surface area contributed by atoms with Crippen LogP contribution in [0.4, 0.5) is 10.1 Å². The van der Waals surface area contributed by atoms with Crippen LogP contribution < -0.4 is 5.32 Å². The summed E-state index contributed by atoms with van der Waals surface area (Å²) in [5.74, 6) is -3.47. The van der Waals surface area contributed by atoms with Crippen molar-refractivity contribution in [3.8, 4) is 0 Å². The average Bonchev–Trinajstić information content (AvgIpc) is 2.78. The molecule has 0 aliphatic heterocycles. The van der Waals surface area contributed by atoms with Gasteiger partial charge in [0.25, 0.3) is 5.91 Å². The van der Waals surface area contributed by atoms with Gasteiger partial charge in [0.1, 0.15) is 5.82 Å². The van der Waals surface area contributed by atoms with E-state index in [4.69, 9.17) is 4.74 Å². The fourth-order valence-electron chi connectivity index (χ4n) is 2.57. The van der Waals surface area contributed by atoms with Crippen molar-refractivity contribution in [1.82, 2.24) is 0 Å². The summed E-state index contributed by atoms with van der Waals surface area (Å²) in [4.78, 5) is 48.4. The van der Waals surface area contributed by atoms with Crippen LogP contribution in [0.3, 0.4) is 0 Å². The lowest BCUT2D eigenvalue weighted by Gasteiger charge is -2.07. The van der Waals surface area contributed by atoms with Crippen LogP contribution in [-0.2, 0) is 9.53 Å². The third-order valence-corrected chi connectivity index (χ3v) is 4.11. The molecule has 1 amide bonds. The Morgan fingerprint density at radius 2 is 1.23 bits per heavy atom. The predicted molar refractivity (Wildman–Crippen MR) is 107 cm³/mol. The smallest absolute Gasteiger partial charge is 0.338 e. The molecular formula is C23H16FNO5. The first kappa shape index (κ1) is 20.6. The van der Waals surface area contributed by atoms with E-state index in [0.717, 1.165) is 0 Å². The number of anilines is 1. The van der Waals surface area contributed by atoms with Crippen molar-refractivity contribution in [2.24, 2.45) is 0 Å². The molecule has 0 spiro atoms. The molecule has 0 heterocycles. The number of para-hydroxylation sites is 1. The monoisotopic (exact) mass is 405 g/mol. The summed E-state index contributed by atoms with van der Waals surface area (Å²) in [6.45, 7) is -0.611. The molecule has 3 rings (SSSR count). The van der Waals surface area contributed by atoms with Crippen LogP contribution in [0.15, 0.2) is 78.9 Å². The van der Waals surface area contributed by atoms with Crippen LogP contribution in [0.5, 0.6) is 0 Å². The number of rotatable bonds is 7. The molecule has 0 unspecified atom stereocenters. The topological polar surface area (TPSA) is 89.5 Å². The molecule has 0 aromatic heterocycles. The van der Waals surface area contributed by atoms with Crippen molar-refractivity contribution < 1.29 is 28.3 Å². The number of halogens is 1. The molecule has 3 aromatic carbocycles. The number of benzene rings is 3. The molecule has 0 aliphatic carbocycles. The summed E-state index contributed by atoms with van der Waals surface area (Å²) in [6.07, 6.45) is 0. The Hall–Kier alpha value is -4.13. The Labute approximate surface area is 171 Å². The number of carbonyl (C=O) groups excluding carboxylic acids is 4. The molecule has 3 aromatic rings. The van der Waals surface area contributed by atoms with Gasteiger partial charge in [-0.05, 0) is 24.3 Å². The lowest BCUT2D eigenvalue weighted by molar-refractivity contribution is -0.119. The van der Waals surface area contributed by atoms with Gasteiger partial charge in [-0.1, -0.05) is 54.6 Å². The van der Waals surface area contributed by atoms with Crippen molar-refractivity contribution >= 4 is 29.1 Å². The molecule has 150 valence electrons. The molecule has 0 atom stereocenters. The van der Waals surface area contributed by atoms with E-state index in [1.54, 1.807) is 36.4 Å². The van der Waals surface area contributed by atoms with E-state index in [0.29, 0.717) is 0 Å². The van der Waals surface area contributed by atoms with Gasteiger partial charge in [0.15, 0.2) is 6.61 Å². The van der Waals surface area contributed by atoms with Gasteiger partial charge in [-0.2, -0.15) is 0 Å². The zero-order valence-electron chi connectivity index (χ0n) is 15.6. The van der Waals surface area contributed by atoms with Gasteiger partial charge in [-0.3, -0.25) is 14.4 Å². The first-order chi connectivity index (χ1) is 14.5. The number of hydrogen-bond acceptors (Lipinski definition) is 5. The van der Waals surface area contributed by atoms with E-state index in [1.807, 2.05) is 0 Å². The number of ketones is 2. The zero-order chi connectivity index (χ0) is 21.5. The highest BCUT2D eigenvalue weighted by molar-refractivity contribution is 6.49. The molecule has 6 nitrogen and oxygen atoms in total. The van der Waals surface area contributed by atoms with Crippen LogP contribution >= 0.6 is 0 Å². The second kappa shape index (κ2) is 9.38. The minimum absolute atomic E-state index is 0.0236. The van der Waals surface area contributed by atoms with E-state index >= 15 is 0 Å². The normalized spacial score (nSPS) is 10.2. The van der Waals surface area contributed by atoms with Crippen molar-refractivity contribution in [2.45, 2.75) is 0 Å². The van der Waals surface area contributed by atoms with Crippen molar-refractivity contribution in [1.29, 1.82) is 0 Å². The lowest BCUT2D eigenvalue weighted by Crippen LogP contribution is -2.21. The minimum atomic E-state index is -0.799. The minimum Gasteiger partial charge on any atom is -0.452 e. The van der Waals surface area contributed by atoms with E-state index in [1.165, 1.54) is 42.5 Å². The Bertz CT molecular complexity index is 1090. The summed E-state index contributed by atoms with van der Waals surface area (Å²) in [5, 5.41) is 2.30. The number of ether oxygens (including phenoxy) is 1. The van der Waals surface area contributed by atoms with Gasteiger partial charge in [0.2, 0.25) is 11.6 Å². The van der Waals surface area contributed by atoms with Gasteiger partial charge < -0.3 is 10.1 Å². The van der Waals surface area contributed by atoms with E-state index in [-0.39, 0.29) is 22.4 Å². The van der Waals surface area contributed by atoms with E-state index in [2.05, 4.69) is 5.32 Å². The Kier molecular flexibility index (Phi) is 6.44. The van der Waals surface area contributed by atoms with Gasteiger partial charge in [-0.25, -0.2) is 9.18 Å². The molecule has 0 saturated carbocycles. The second-order valence-electron chi connectivity index (χ2n) is 6.21. The third-order valence-electron chi connectivity index (χ3n) is 4.11. The molecule has 0 radical (unpaired) electrons. The number of amides is 1. The quantitative estimate of drug-likeness (QED) is 0.368. The van der Waals surface area contributed by atoms with Crippen LogP contribution in [-0.4, -0.2) is 30.0 Å². The van der Waals surface area contributed by atoms with Crippen molar-refractivity contribution in [2.75, 3.05) is 11.9 Å². The van der Waals surface area contributed by atoms with Gasteiger partial charge in [0, 0.05) is 11.1 Å². The Balaban J connectivity index is 1.57. The second-order valence-corrected chi connectivity index (χ2v) is 6.21. The van der Waals surface area contributed by atoms with Crippen LogP contribution in [0.25, 0.3) is 0 Å². The fraction of sp³-hybridized carbons (Fsp3) is 0.0435. The number of carbonyl (C=O) groups is 4. The van der Waals surface area contributed by atoms with Crippen LogP contribution in [0, 0.1) is 5.82 Å². The maximum Gasteiger partial charge on any atom is 0.338 e. The summed E-state index contributed by atoms with van der Waals surface area (Å²) in [7, 11) is 0. The predicted octanol–water partition coefficient (Wildman–Crippen LogP) is 3.69. The van der Waals surface area contributed by atoms with Gasteiger partial charge >= 0.3 is 5.97 Å². The highest BCUT2D eigenvalue weighted by atomic mass is 19.1. The Morgan fingerprint density at radius 3 is 1.87 bits per heavy atom. The van der Waals surface area contributed by atoms with Gasteiger partial charge in [-0.15, -0.1) is 0 Å². The first-order valence-corrected chi connectivity index (χ1v) is 8.91. The molecule has 7 heteroatoms. The molecule has 0 bridgehead atoms. The van der Waals surface area contributed by atoms with Gasteiger partial charge in [0.05, 0.1) is 11.3 Å². The van der Waals surface area contributed by atoms with Crippen molar-refractivity contribution in [3.05, 3.63) is 101 Å². The largest absolute Gasteiger partial charge is 0.452 e. The molecule has 30 heavy (non-hydrogen) atoms. The SMILES string of the molecule is O=C(COC(=O)c1ccc(C(=O)C(=O)c2ccccc2)cc1)Nc1ccccc1F. The molecule has 0 aliphatic rings. The highest BCUT2D eigenvalue weighted by Crippen LogP contribution is 2.13. The lowest BCUT2D eigenvalue weighted by atomic mass is 10.0. The number of hydrogen-bond donors (Lipinski definition) is 1. The molecule has 1 N–H and O–H groups in total. The van der Waals surface area contributed by atoms with E-state index < -0.39 is 35.9 Å². The Morgan fingerprint density at radius 1 is 0.700 bits per heavy atom. The summed E-state index contributed by atoms with van der Waals surface area (Å²) in [5.41, 5.74) is 0.464. The third kappa shape index (κ3) is 5.02. The number of Topliss-reactive ketones (excluding diaryl/α,β-unsaturated/α-hetero) is 2. The average molecular weight is 405 g/mol. The summed E-state index contributed by atoms with van der Waals surface area (Å²) < 4.78 is 18.4. The summed E-state index contributed by atoms with van der Waals surface area (Å²) >= 11 is 0. The molecular weight excluding hydrogens is 389 g/mol. The first-order valence-electron chi connectivity index (χ1n) is 8.91. The molecule has 0 saturated heterocycles. The zero-order valence-corrected chi connectivity index (χ0v) is 15.6. The summed E-state index contributed by atoms with van der Waals surface area (Å²) in [6, 6.07) is 19.0. The van der Waals surface area contributed by atoms with Crippen molar-refractivity contribution in [3.63, 3.8) is 0 Å². The fourth-order valence-corrected chi connectivity index (χ4v) is 2.57. The van der Waals surface area contributed by atoms with Crippen LogP contribution in [0.2, 0.25) is 0 Å². The maximum absolute atomic E-state index is 13.5. The number of nitrogens with one attached hydrogen (secondary N) is 1.